The molecule has 7 nitrogen and oxygen atoms in total. The van der Waals surface area contributed by atoms with Crippen LogP contribution in [0.4, 0.5) is 4.39 Å². The summed E-state index contributed by atoms with van der Waals surface area (Å²) in [5.74, 6) is -1.21. The van der Waals surface area contributed by atoms with Gasteiger partial charge in [-0.25, -0.2) is 4.39 Å². The van der Waals surface area contributed by atoms with Crippen LogP contribution in [0, 0.1) is 5.82 Å². The van der Waals surface area contributed by atoms with Crippen LogP contribution in [-0.4, -0.2) is 39.5 Å². The number of aromatic nitrogens is 1. The molecule has 1 atom stereocenters. The third-order valence-corrected chi connectivity index (χ3v) is 6.84. The maximum atomic E-state index is 13.5. The van der Waals surface area contributed by atoms with Gasteiger partial charge in [-0.05, 0) is 42.0 Å². The molecular weight excluding hydrogens is 475 g/mol. The van der Waals surface area contributed by atoms with E-state index in [4.69, 9.17) is 9.47 Å². The van der Waals surface area contributed by atoms with Gasteiger partial charge in [0, 0.05) is 41.8 Å². The number of hydrogen-bond donors (Lipinski definition) is 1. The van der Waals surface area contributed by atoms with Gasteiger partial charge in [0.1, 0.15) is 24.8 Å². The van der Waals surface area contributed by atoms with Crippen LogP contribution in [0.1, 0.15) is 22.7 Å². The number of ketones is 1. The first-order valence-corrected chi connectivity index (χ1v) is 11.9. The van der Waals surface area contributed by atoms with E-state index in [0.29, 0.717) is 41.4 Å². The fraction of sp³-hybridized carbons (Fsp3) is 0.172. The summed E-state index contributed by atoms with van der Waals surface area (Å²) < 4.78 is 26.7. The van der Waals surface area contributed by atoms with Gasteiger partial charge in [0.05, 0.1) is 11.6 Å². The van der Waals surface area contributed by atoms with Crippen LogP contribution < -0.4 is 9.47 Å². The second-order valence-corrected chi connectivity index (χ2v) is 9.12. The molecule has 1 fully saturated rings. The zero-order valence-corrected chi connectivity index (χ0v) is 20.0. The quantitative estimate of drug-likeness (QED) is 0.250. The Morgan fingerprint density at radius 1 is 1.00 bits per heavy atom. The van der Waals surface area contributed by atoms with Crippen molar-refractivity contribution in [3.8, 4) is 11.5 Å². The van der Waals surface area contributed by atoms with Gasteiger partial charge < -0.3 is 24.0 Å². The first-order valence-electron chi connectivity index (χ1n) is 11.9. The molecular formula is C29H23FN2O5. The van der Waals surface area contributed by atoms with Crippen LogP contribution in [0.3, 0.4) is 0 Å². The maximum absolute atomic E-state index is 13.5. The van der Waals surface area contributed by atoms with Crippen LogP contribution in [0.5, 0.6) is 11.5 Å². The molecule has 37 heavy (non-hydrogen) atoms. The van der Waals surface area contributed by atoms with E-state index < -0.39 is 23.5 Å². The largest absolute Gasteiger partial charge is 0.507 e. The van der Waals surface area contributed by atoms with Gasteiger partial charge in [-0.15, -0.1) is 0 Å². The molecule has 8 heteroatoms. The SMILES string of the molecule is Cn1cc(C2/C(=C(\O)c3ccc4c(c3)OCCO4)C(=O)C(=O)N2Cc2ccc(F)cc2)c2ccccc21. The Balaban J connectivity index is 1.53. The van der Waals surface area contributed by atoms with Crippen molar-refractivity contribution in [2.75, 3.05) is 13.2 Å². The Hall–Kier alpha value is -4.59. The summed E-state index contributed by atoms with van der Waals surface area (Å²) in [4.78, 5) is 28.3. The fourth-order valence-electron chi connectivity index (χ4n) is 5.09. The summed E-state index contributed by atoms with van der Waals surface area (Å²) in [6.07, 6.45) is 1.87. The number of fused-ring (bicyclic) bond motifs is 2. The highest BCUT2D eigenvalue weighted by atomic mass is 19.1. The summed E-state index contributed by atoms with van der Waals surface area (Å²) in [6.45, 7) is 0.861. The number of aryl methyl sites for hydroxylation is 1. The number of amides is 1. The van der Waals surface area contributed by atoms with E-state index >= 15 is 0 Å². The average molecular weight is 499 g/mol. The van der Waals surface area contributed by atoms with E-state index in [-0.39, 0.29) is 17.9 Å². The second-order valence-electron chi connectivity index (χ2n) is 9.12. The molecule has 4 aromatic rings. The van der Waals surface area contributed by atoms with Gasteiger partial charge in [-0.1, -0.05) is 30.3 Å². The lowest BCUT2D eigenvalue weighted by molar-refractivity contribution is -0.140. The summed E-state index contributed by atoms with van der Waals surface area (Å²) in [5, 5.41) is 12.3. The van der Waals surface area contributed by atoms with Crippen LogP contribution >= 0.6 is 0 Å². The number of aliphatic hydroxyl groups excluding tert-OH is 1. The number of aliphatic hydroxyl groups is 1. The van der Waals surface area contributed by atoms with Crippen molar-refractivity contribution in [3.63, 3.8) is 0 Å². The maximum Gasteiger partial charge on any atom is 0.295 e. The van der Waals surface area contributed by atoms with Crippen molar-refractivity contribution < 1.29 is 28.6 Å². The summed E-state index contributed by atoms with van der Waals surface area (Å²) in [5.41, 5.74) is 2.62. The van der Waals surface area contributed by atoms with Gasteiger partial charge in [-0.3, -0.25) is 9.59 Å². The standard InChI is InChI=1S/C29H23FN2O5/c1-31-16-21(20-4-2-3-5-22(20)31)26-25(27(33)18-8-11-23-24(14-18)37-13-12-36-23)28(34)29(35)32(26)15-17-6-9-19(30)10-7-17/h2-11,14,16,26,33H,12-13,15H2,1H3/b27-25+. The molecule has 1 aromatic heterocycles. The molecule has 6 rings (SSSR count). The smallest absolute Gasteiger partial charge is 0.295 e. The number of para-hydroxylation sites is 1. The van der Waals surface area contributed by atoms with Gasteiger partial charge in [0.15, 0.2) is 11.5 Å². The van der Waals surface area contributed by atoms with E-state index in [9.17, 15) is 19.1 Å². The molecule has 0 bridgehead atoms. The van der Waals surface area contributed by atoms with Crippen LogP contribution in [0.15, 0.2) is 78.5 Å². The number of Topliss-reactive ketones (excluding diaryl/α,β-unsaturated/α-hetero) is 1. The van der Waals surface area contributed by atoms with E-state index in [0.717, 1.165) is 10.9 Å². The Kier molecular flexibility index (Phi) is 5.44. The molecule has 2 aliphatic rings. The first-order chi connectivity index (χ1) is 17.9. The Morgan fingerprint density at radius 2 is 1.73 bits per heavy atom. The van der Waals surface area contributed by atoms with Gasteiger partial charge in [0.25, 0.3) is 11.7 Å². The molecule has 1 amide bonds. The van der Waals surface area contributed by atoms with E-state index in [2.05, 4.69) is 0 Å². The number of carbonyl (C=O) groups is 2. The topological polar surface area (TPSA) is 81.0 Å². The highest BCUT2D eigenvalue weighted by Crippen LogP contribution is 2.44. The predicted molar refractivity (Wildman–Crippen MR) is 135 cm³/mol. The van der Waals surface area contributed by atoms with E-state index in [1.54, 1.807) is 30.3 Å². The lowest BCUT2D eigenvalue weighted by Crippen LogP contribution is -2.29. The average Bonchev–Trinajstić information content (AvgIpc) is 3.38. The molecule has 186 valence electrons. The number of rotatable bonds is 4. The Bertz CT molecular complexity index is 1590. The number of carbonyl (C=O) groups excluding carboxylic acids is 2. The molecule has 0 aliphatic carbocycles. The third kappa shape index (κ3) is 3.81. The van der Waals surface area contributed by atoms with Gasteiger partial charge in [0.2, 0.25) is 0 Å². The molecule has 3 heterocycles. The molecule has 0 spiro atoms. The second kappa shape index (κ2) is 8.81. The molecule has 2 aliphatic heterocycles. The summed E-state index contributed by atoms with van der Waals surface area (Å²) in [7, 11) is 1.89. The number of benzene rings is 3. The summed E-state index contributed by atoms with van der Waals surface area (Å²) in [6, 6.07) is 17.5. The first kappa shape index (κ1) is 22.8. The lowest BCUT2D eigenvalue weighted by atomic mass is 9.94. The number of ether oxygens (including phenoxy) is 2. The zero-order chi connectivity index (χ0) is 25.7. The fourth-order valence-corrected chi connectivity index (χ4v) is 5.09. The number of likely N-dealkylation sites (tertiary alicyclic amines) is 1. The molecule has 1 unspecified atom stereocenters. The van der Waals surface area contributed by atoms with Crippen molar-refractivity contribution in [2.24, 2.45) is 7.05 Å². The Labute approximate surface area is 211 Å². The Morgan fingerprint density at radius 3 is 2.51 bits per heavy atom. The summed E-state index contributed by atoms with van der Waals surface area (Å²) >= 11 is 0. The highest BCUT2D eigenvalue weighted by Gasteiger charge is 2.47. The zero-order valence-electron chi connectivity index (χ0n) is 20.0. The van der Waals surface area contributed by atoms with Crippen LogP contribution in [0.25, 0.3) is 16.7 Å². The normalized spacial score (nSPS) is 18.5. The minimum atomic E-state index is -0.857. The third-order valence-electron chi connectivity index (χ3n) is 6.84. The van der Waals surface area contributed by atoms with E-state index in [1.165, 1.54) is 17.0 Å². The molecule has 0 saturated carbocycles. The van der Waals surface area contributed by atoms with Gasteiger partial charge >= 0.3 is 0 Å². The molecule has 3 aromatic carbocycles. The number of hydrogen-bond acceptors (Lipinski definition) is 5. The van der Waals surface area contributed by atoms with Gasteiger partial charge in [-0.2, -0.15) is 0 Å². The highest BCUT2D eigenvalue weighted by molar-refractivity contribution is 6.46. The molecule has 1 saturated heterocycles. The van der Waals surface area contributed by atoms with Crippen molar-refractivity contribution in [3.05, 3.63) is 101 Å². The minimum absolute atomic E-state index is 0.0138. The monoisotopic (exact) mass is 498 g/mol. The number of nitrogens with zero attached hydrogens (tertiary/aromatic N) is 2. The number of halogens is 1. The minimum Gasteiger partial charge on any atom is -0.507 e. The van der Waals surface area contributed by atoms with E-state index in [1.807, 2.05) is 42.1 Å². The predicted octanol–water partition coefficient (Wildman–Crippen LogP) is 4.71. The van der Waals surface area contributed by atoms with Crippen LogP contribution in [0.2, 0.25) is 0 Å². The van der Waals surface area contributed by atoms with Crippen molar-refractivity contribution >= 4 is 28.4 Å². The lowest BCUT2D eigenvalue weighted by Gasteiger charge is -2.25. The van der Waals surface area contributed by atoms with Crippen molar-refractivity contribution in [1.82, 2.24) is 9.47 Å². The van der Waals surface area contributed by atoms with Crippen LogP contribution in [-0.2, 0) is 23.2 Å². The van der Waals surface area contributed by atoms with Crippen molar-refractivity contribution in [1.29, 1.82) is 0 Å². The van der Waals surface area contributed by atoms with Crippen molar-refractivity contribution in [2.45, 2.75) is 12.6 Å². The molecule has 1 N–H and O–H groups in total. The molecule has 0 radical (unpaired) electrons.